The normalized spacial score (nSPS) is 20.2. The highest BCUT2D eigenvalue weighted by molar-refractivity contribution is 5.82. The highest BCUT2D eigenvalue weighted by Crippen LogP contribution is 2.18. The third-order valence-corrected chi connectivity index (χ3v) is 3.38. The molecule has 0 spiro atoms. The van der Waals surface area contributed by atoms with E-state index in [0.717, 1.165) is 19.5 Å². The minimum Gasteiger partial charge on any atom is -0.353 e. The van der Waals surface area contributed by atoms with Crippen LogP contribution in [0.15, 0.2) is 12.1 Å². The van der Waals surface area contributed by atoms with Gasteiger partial charge in [0.25, 0.3) is 0 Å². The van der Waals surface area contributed by atoms with Gasteiger partial charge in [0.15, 0.2) is 0 Å². The summed E-state index contributed by atoms with van der Waals surface area (Å²) in [6, 6.07) is 4.29. The average Bonchev–Trinajstić information content (AvgIpc) is 2.25. The number of benzene rings is 1. The molecule has 1 fully saturated rings. The fraction of sp³-hybridized carbons (Fsp3) is 0.500. The molecule has 0 saturated carbocycles. The first-order valence-corrected chi connectivity index (χ1v) is 6.16. The number of hydrogen-bond acceptors (Lipinski definition) is 2. The van der Waals surface area contributed by atoms with Crippen LogP contribution in [-0.2, 0) is 11.2 Å². The molecule has 1 aromatic carbocycles. The Kier molecular flexibility index (Phi) is 3.48. The maximum atomic E-state index is 11.7. The number of carbonyl (C=O) groups excluding carboxylic acids is 1. The zero-order chi connectivity index (χ0) is 12.4. The molecule has 0 aliphatic carbocycles. The molecular formula is C14H20N2O. The van der Waals surface area contributed by atoms with Crippen molar-refractivity contribution in [1.82, 2.24) is 10.6 Å². The van der Waals surface area contributed by atoms with E-state index < -0.39 is 0 Å². The molecule has 1 atom stereocenters. The number of hydrogen-bond donors (Lipinski definition) is 2. The SMILES string of the molecule is Cc1cc(C)c(C[C@@H]2NCCNC2=O)c(C)c1. The molecule has 1 saturated heterocycles. The van der Waals surface area contributed by atoms with Crippen LogP contribution >= 0.6 is 0 Å². The van der Waals surface area contributed by atoms with Crippen molar-refractivity contribution < 1.29 is 4.79 Å². The Hall–Kier alpha value is -1.35. The van der Waals surface area contributed by atoms with Gasteiger partial charge in [0, 0.05) is 13.1 Å². The first-order valence-electron chi connectivity index (χ1n) is 6.16. The minimum atomic E-state index is -0.0798. The van der Waals surface area contributed by atoms with Gasteiger partial charge in [0.2, 0.25) is 5.91 Å². The largest absolute Gasteiger partial charge is 0.353 e. The lowest BCUT2D eigenvalue weighted by Gasteiger charge is -2.25. The number of nitrogens with one attached hydrogen (secondary N) is 2. The van der Waals surface area contributed by atoms with Crippen LogP contribution in [0.3, 0.4) is 0 Å². The highest BCUT2D eigenvalue weighted by Gasteiger charge is 2.22. The first-order chi connectivity index (χ1) is 8.08. The van der Waals surface area contributed by atoms with Crippen LogP contribution in [0.1, 0.15) is 22.3 Å². The summed E-state index contributed by atoms with van der Waals surface area (Å²) in [4.78, 5) is 11.7. The second-order valence-electron chi connectivity index (χ2n) is 4.88. The van der Waals surface area contributed by atoms with Crippen molar-refractivity contribution in [3.05, 3.63) is 34.4 Å². The zero-order valence-electron chi connectivity index (χ0n) is 10.8. The van der Waals surface area contributed by atoms with E-state index in [4.69, 9.17) is 0 Å². The van der Waals surface area contributed by atoms with Gasteiger partial charge in [-0.3, -0.25) is 4.79 Å². The Bertz CT molecular complexity index is 417. The number of aryl methyl sites for hydroxylation is 3. The van der Waals surface area contributed by atoms with Crippen LogP contribution in [-0.4, -0.2) is 25.0 Å². The van der Waals surface area contributed by atoms with Crippen LogP contribution in [0, 0.1) is 20.8 Å². The molecule has 92 valence electrons. The maximum Gasteiger partial charge on any atom is 0.237 e. The van der Waals surface area contributed by atoms with Gasteiger partial charge in [0.05, 0.1) is 6.04 Å². The molecule has 0 aromatic heterocycles. The van der Waals surface area contributed by atoms with Crippen LogP contribution in [0.25, 0.3) is 0 Å². The summed E-state index contributed by atoms with van der Waals surface area (Å²) in [6.07, 6.45) is 0.782. The van der Waals surface area contributed by atoms with Crippen molar-refractivity contribution in [2.75, 3.05) is 13.1 Å². The van der Waals surface area contributed by atoms with Crippen molar-refractivity contribution >= 4 is 5.91 Å². The van der Waals surface area contributed by atoms with E-state index in [-0.39, 0.29) is 11.9 Å². The van der Waals surface area contributed by atoms with Gasteiger partial charge < -0.3 is 10.6 Å². The molecule has 2 N–H and O–H groups in total. The Balaban J connectivity index is 2.20. The lowest BCUT2D eigenvalue weighted by Crippen LogP contribution is -2.53. The molecule has 1 aliphatic rings. The van der Waals surface area contributed by atoms with Crippen molar-refractivity contribution in [2.45, 2.75) is 33.2 Å². The molecule has 1 aromatic rings. The molecular weight excluding hydrogens is 212 g/mol. The minimum absolute atomic E-state index is 0.0798. The van der Waals surface area contributed by atoms with Crippen molar-refractivity contribution in [3.63, 3.8) is 0 Å². The third kappa shape index (κ3) is 2.67. The smallest absolute Gasteiger partial charge is 0.237 e. The summed E-state index contributed by atoms with van der Waals surface area (Å²) in [5, 5.41) is 6.18. The fourth-order valence-corrected chi connectivity index (χ4v) is 2.55. The number of carbonyl (C=O) groups is 1. The molecule has 3 heteroatoms. The van der Waals surface area contributed by atoms with Crippen LogP contribution in [0.4, 0.5) is 0 Å². The van der Waals surface area contributed by atoms with Gasteiger partial charge >= 0.3 is 0 Å². The zero-order valence-corrected chi connectivity index (χ0v) is 10.8. The molecule has 17 heavy (non-hydrogen) atoms. The Labute approximate surface area is 103 Å². The molecule has 0 bridgehead atoms. The van der Waals surface area contributed by atoms with E-state index in [2.05, 4.69) is 43.5 Å². The maximum absolute atomic E-state index is 11.7. The number of rotatable bonds is 2. The number of amides is 1. The summed E-state index contributed by atoms with van der Waals surface area (Å²) in [7, 11) is 0. The lowest BCUT2D eigenvalue weighted by atomic mass is 9.93. The van der Waals surface area contributed by atoms with Crippen LogP contribution < -0.4 is 10.6 Å². The van der Waals surface area contributed by atoms with Gasteiger partial charge in [-0.15, -0.1) is 0 Å². The van der Waals surface area contributed by atoms with Gasteiger partial charge in [0.1, 0.15) is 0 Å². The third-order valence-electron chi connectivity index (χ3n) is 3.38. The van der Waals surface area contributed by atoms with E-state index in [1.807, 2.05) is 0 Å². The second kappa shape index (κ2) is 4.88. The predicted octanol–water partition coefficient (Wildman–Crippen LogP) is 1.24. The van der Waals surface area contributed by atoms with Gasteiger partial charge in [-0.2, -0.15) is 0 Å². The van der Waals surface area contributed by atoms with Crippen LogP contribution in [0.2, 0.25) is 0 Å². The van der Waals surface area contributed by atoms with Gasteiger partial charge in [-0.05, 0) is 43.9 Å². The molecule has 0 radical (unpaired) electrons. The molecule has 2 rings (SSSR count). The molecule has 3 nitrogen and oxygen atoms in total. The highest BCUT2D eigenvalue weighted by atomic mass is 16.2. The molecule has 0 unspecified atom stereocenters. The summed E-state index contributed by atoms with van der Waals surface area (Å²) >= 11 is 0. The Morgan fingerprint density at radius 2 is 1.82 bits per heavy atom. The summed E-state index contributed by atoms with van der Waals surface area (Å²) in [5.74, 6) is 0.121. The standard InChI is InChI=1S/C14H20N2O/c1-9-6-10(2)12(11(3)7-9)8-13-14(17)16-5-4-15-13/h6-7,13,15H,4-5,8H2,1-3H3,(H,16,17)/t13-/m0/s1. The summed E-state index contributed by atoms with van der Waals surface area (Å²) < 4.78 is 0. The fourth-order valence-electron chi connectivity index (χ4n) is 2.55. The predicted molar refractivity (Wildman–Crippen MR) is 69.2 cm³/mol. The Morgan fingerprint density at radius 1 is 1.18 bits per heavy atom. The van der Waals surface area contributed by atoms with E-state index >= 15 is 0 Å². The monoisotopic (exact) mass is 232 g/mol. The molecule has 1 aliphatic heterocycles. The quantitative estimate of drug-likeness (QED) is 0.805. The van der Waals surface area contributed by atoms with Gasteiger partial charge in [-0.1, -0.05) is 17.7 Å². The van der Waals surface area contributed by atoms with E-state index in [9.17, 15) is 4.79 Å². The van der Waals surface area contributed by atoms with Crippen molar-refractivity contribution in [3.8, 4) is 0 Å². The molecule has 1 heterocycles. The Morgan fingerprint density at radius 3 is 2.41 bits per heavy atom. The average molecular weight is 232 g/mol. The topological polar surface area (TPSA) is 41.1 Å². The summed E-state index contributed by atoms with van der Waals surface area (Å²) in [6.45, 7) is 7.95. The molecule has 1 amide bonds. The second-order valence-corrected chi connectivity index (χ2v) is 4.88. The van der Waals surface area contributed by atoms with Gasteiger partial charge in [-0.25, -0.2) is 0 Å². The first kappa shape index (κ1) is 12.1. The van der Waals surface area contributed by atoms with E-state index in [1.165, 1.54) is 22.3 Å². The van der Waals surface area contributed by atoms with Crippen molar-refractivity contribution in [1.29, 1.82) is 0 Å². The lowest BCUT2D eigenvalue weighted by molar-refractivity contribution is -0.124. The van der Waals surface area contributed by atoms with Crippen LogP contribution in [0.5, 0.6) is 0 Å². The van der Waals surface area contributed by atoms with E-state index in [0.29, 0.717) is 0 Å². The summed E-state index contributed by atoms with van der Waals surface area (Å²) in [5.41, 5.74) is 5.14. The number of piperazine rings is 1. The van der Waals surface area contributed by atoms with E-state index in [1.54, 1.807) is 0 Å². The van der Waals surface area contributed by atoms with Crippen molar-refractivity contribution in [2.24, 2.45) is 0 Å².